The van der Waals surface area contributed by atoms with Crippen LogP contribution in [0.15, 0.2) is 23.4 Å². The Kier molecular flexibility index (Phi) is 8.46. The maximum absolute atomic E-state index is 16.0. The number of aromatic nitrogens is 7. The Morgan fingerprint density at radius 1 is 1.18 bits per heavy atom. The molecule has 16 nitrogen and oxygen atoms in total. The van der Waals surface area contributed by atoms with E-state index >= 15 is 13.2 Å². The number of pyridine rings is 1. The second-order valence-corrected chi connectivity index (χ2v) is 15.6. The molecule has 4 aromatic rings. The van der Waals surface area contributed by atoms with Crippen LogP contribution in [0.3, 0.4) is 0 Å². The lowest BCUT2D eigenvalue weighted by Gasteiger charge is -2.26. The first-order chi connectivity index (χ1) is 21.2. The lowest BCUT2D eigenvalue weighted by molar-refractivity contribution is -0.0643. The van der Waals surface area contributed by atoms with Crippen molar-refractivity contribution in [3.05, 3.63) is 46.2 Å². The molecule has 0 saturated carbocycles. The van der Waals surface area contributed by atoms with E-state index in [9.17, 15) is 19.8 Å². The number of imidazole rings is 2. The molecule has 2 bridgehead atoms. The number of alkyl halides is 3. The van der Waals surface area contributed by atoms with Gasteiger partial charge in [0.1, 0.15) is 48.7 Å². The van der Waals surface area contributed by atoms with Gasteiger partial charge in [0.15, 0.2) is 29.2 Å². The summed E-state index contributed by atoms with van der Waals surface area (Å²) in [6, 6.07) is 3.17. The zero-order valence-corrected chi connectivity index (χ0v) is 26.1. The Balaban J connectivity index is 1.40. The quantitative estimate of drug-likeness (QED) is 0.242. The van der Waals surface area contributed by atoms with Crippen molar-refractivity contribution in [2.75, 3.05) is 13.2 Å². The van der Waals surface area contributed by atoms with Crippen LogP contribution in [0.2, 0.25) is 0 Å². The molecule has 0 aromatic carbocycles. The van der Waals surface area contributed by atoms with Gasteiger partial charge in [-0.2, -0.15) is 5.26 Å². The van der Waals surface area contributed by atoms with Gasteiger partial charge in [0.2, 0.25) is 0 Å². The van der Waals surface area contributed by atoms with E-state index < -0.39 is 75.9 Å². The summed E-state index contributed by atoms with van der Waals surface area (Å²) in [6.45, 7) is -11.3. The smallest absolute Gasteiger partial charge is 0.325 e. The first-order valence-corrected chi connectivity index (χ1v) is 18.0. The van der Waals surface area contributed by atoms with E-state index in [4.69, 9.17) is 46.4 Å². The molecule has 2 unspecified atom stereocenters. The second kappa shape index (κ2) is 11.8. The zero-order valence-electron chi connectivity index (χ0n) is 22.7. The summed E-state index contributed by atoms with van der Waals surface area (Å²) in [5, 5.41) is 9.22. The normalized spacial score (nSPS) is 31.1. The number of hydrogen-bond donors (Lipinski definition) is 3. The number of hydrogen-bond acceptors (Lipinski definition) is 13. The molecule has 1 saturated heterocycles. The minimum Gasteiger partial charge on any atom is -0.346 e. The number of rotatable bonds is 1. The van der Waals surface area contributed by atoms with Gasteiger partial charge in [0.05, 0.1) is 25.0 Å². The average Bonchev–Trinajstić information content (AvgIpc) is 3.63. The zero-order chi connectivity index (χ0) is 32.3. The van der Waals surface area contributed by atoms with E-state index in [2.05, 4.69) is 24.9 Å². The Morgan fingerprint density at radius 3 is 2.71 bits per heavy atom. The summed E-state index contributed by atoms with van der Waals surface area (Å²) in [6.07, 6.45) is -4.61. The number of H-pyrrole nitrogens is 1. The van der Waals surface area contributed by atoms with Crippen LogP contribution in [0.5, 0.6) is 0 Å². The number of aryl methyl sites for hydroxylation is 1. The molecule has 0 amide bonds. The summed E-state index contributed by atoms with van der Waals surface area (Å²) in [5.74, 6) is -3.70. The van der Waals surface area contributed by atoms with Crippen LogP contribution in [0, 0.1) is 18.3 Å². The van der Waals surface area contributed by atoms with Gasteiger partial charge in [-0.25, -0.2) is 33.1 Å². The molecule has 2 aliphatic rings. The minimum atomic E-state index is -4.41. The van der Waals surface area contributed by atoms with Crippen molar-refractivity contribution >= 4 is 59.4 Å². The van der Waals surface area contributed by atoms with Gasteiger partial charge >= 0.3 is 13.4 Å². The fourth-order valence-corrected chi connectivity index (χ4v) is 7.19. The third kappa shape index (κ3) is 6.59. The highest BCUT2D eigenvalue weighted by Gasteiger charge is 2.50. The number of nitrogens with one attached hydrogen (secondary N) is 1. The standard InChI is InChI=1S/C22H21F3N8O8P2S2/c1-10-29-19-16(20(34)30-10)28-9-33(19)21-17-15(23)13(40-21)5-37-42(35,44)39-8-22(24,25)7-32-14(6-38-43(36,45)41-17)31-12-2-11(3-26)4-27-18(12)32/h2,4,9,13,15,17,21H,5-8H2,1H3,(H,35,44)(H,36,45)(H,29,30,34)/t13-,15-,17-,21-,42?,43?/m1/s1. The topological polar surface area (TPSA) is 205 Å². The van der Waals surface area contributed by atoms with Crippen molar-refractivity contribution in [3.8, 4) is 6.07 Å². The second-order valence-electron chi connectivity index (χ2n) is 9.98. The molecule has 0 radical (unpaired) electrons. The molecule has 4 aromatic heterocycles. The van der Waals surface area contributed by atoms with Gasteiger partial charge in [-0.15, -0.1) is 0 Å². The van der Waals surface area contributed by atoms with Gasteiger partial charge in [-0.3, -0.25) is 13.9 Å². The van der Waals surface area contributed by atoms with Crippen LogP contribution >= 0.6 is 13.4 Å². The van der Waals surface area contributed by atoms with Gasteiger partial charge < -0.3 is 37.6 Å². The van der Waals surface area contributed by atoms with Crippen molar-refractivity contribution in [1.82, 2.24) is 34.1 Å². The number of halogens is 3. The van der Waals surface area contributed by atoms with Crippen molar-refractivity contribution in [3.63, 3.8) is 0 Å². The minimum absolute atomic E-state index is 0.0162. The van der Waals surface area contributed by atoms with Crippen molar-refractivity contribution in [2.45, 2.75) is 50.6 Å². The predicted molar refractivity (Wildman–Crippen MR) is 153 cm³/mol. The van der Waals surface area contributed by atoms with Crippen molar-refractivity contribution in [2.24, 2.45) is 0 Å². The molecule has 2 aliphatic heterocycles. The monoisotopic (exact) mass is 708 g/mol. The molecule has 6 rings (SSSR count). The average molecular weight is 709 g/mol. The highest BCUT2D eigenvalue weighted by atomic mass is 32.5. The van der Waals surface area contributed by atoms with Gasteiger partial charge in [0, 0.05) is 6.20 Å². The van der Waals surface area contributed by atoms with Crippen molar-refractivity contribution < 1.29 is 45.8 Å². The summed E-state index contributed by atoms with van der Waals surface area (Å²) >= 11 is 10.0. The molecule has 23 heteroatoms. The van der Waals surface area contributed by atoms with E-state index in [1.807, 2.05) is 6.07 Å². The fraction of sp³-hybridized carbons (Fsp3) is 0.455. The molecule has 240 valence electrons. The van der Waals surface area contributed by atoms with Crippen LogP contribution in [0.25, 0.3) is 22.3 Å². The molecular weight excluding hydrogens is 687 g/mol. The lowest BCUT2D eigenvalue weighted by atomic mass is 10.1. The Bertz CT molecular complexity index is 2000. The van der Waals surface area contributed by atoms with E-state index in [0.717, 1.165) is 17.1 Å². The van der Waals surface area contributed by atoms with Crippen LogP contribution in [-0.2, 0) is 59.6 Å². The van der Waals surface area contributed by atoms with E-state index in [0.29, 0.717) is 0 Å². The SMILES string of the molecule is Cc1nc2c(ncn2[C@@H]2O[C@@H]3COP(O)(=S)OCC(F)(F)Cn4c(nc5cc(C#N)cnc54)COP(O)(=S)O[C@@H]2[C@@H]3F)c(=O)[nH]1. The summed E-state index contributed by atoms with van der Waals surface area (Å²) in [5.41, 5.74) is -0.637. The Morgan fingerprint density at radius 2 is 1.96 bits per heavy atom. The summed E-state index contributed by atoms with van der Waals surface area (Å²) < 4.78 is 75.3. The lowest BCUT2D eigenvalue weighted by Crippen LogP contribution is -2.33. The molecule has 45 heavy (non-hydrogen) atoms. The largest absolute Gasteiger partial charge is 0.346 e. The third-order valence-corrected chi connectivity index (χ3v) is 9.83. The van der Waals surface area contributed by atoms with Crippen LogP contribution in [0.1, 0.15) is 23.4 Å². The van der Waals surface area contributed by atoms with Crippen LogP contribution in [-0.4, -0.2) is 81.4 Å². The maximum atomic E-state index is 16.0. The Hall–Kier alpha value is -2.73. The molecule has 0 spiro atoms. The predicted octanol–water partition coefficient (Wildman–Crippen LogP) is 2.00. The summed E-state index contributed by atoms with van der Waals surface area (Å²) in [4.78, 5) is 52.9. The number of fused-ring (bicyclic) bond motifs is 6. The maximum Gasteiger partial charge on any atom is 0.325 e. The highest BCUT2D eigenvalue weighted by Crippen LogP contribution is 2.52. The molecule has 0 aliphatic carbocycles. The molecule has 1 fully saturated rings. The highest BCUT2D eigenvalue weighted by molar-refractivity contribution is 8.07. The van der Waals surface area contributed by atoms with Gasteiger partial charge in [0.25, 0.3) is 11.5 Å². The number of ether oxygens (including phenoxy) is 1. The van der Waals surface area contributed by atoms with Gasteiger partial charge in [-0.05, 0) is 36.6 Å². The van der Waals surface area contributed by atoms with Crippen LogP contribution < -0.4 is 5.56 Å². The number of nitrogens with zero attached hydrogens (tertiary/aromatic N) is 7. The Labute approximate surface area is 260 Å². The third-order valence-electron chi connectivity index (χ3n) is 6.72. The number of nitriles is 1. The first-order valence-electron chi connectivity index (χ1n) is 12.8. The molecule has 3 N–H and O–H groups in total. The fourth-order valence-electron chi connectivity index (χ4n) is 4.76. The molecular formula is C22H21F3N8O8P2S2. The van der Waals surface area contributed by atoms with Gasteiger partial charge in [-0.1, -0.05) is 0 Å². The molecule has 6 atom stereocenters. The van der Waals surface area contributed by atoms with E-state index in [1.165, 1.54) is 17.6 Å². The van der Waals surface area contributed by atoms with Crippen LogP contribution in [0.4, 0.5) is 13.2 Å². The van der Waals surface area contributed by atoms with E-state index in [-0.39, 0.29) is 39.5 Å². The van der Waals surface area contributed by atoms with Crippen molar-refractivity contribution in [1.29, 1.82) is 5.26 Å². The molecule has 6 heterocycles. The number of aromatic amines is 1. The first kappa shape index (κ1) is 32.2. The summed E-state index contributed by atoms with van der Waals surface area (Å²) in [7, 11) is 0. The van der Waals surface area contributed by atoms with E-state index in [1.54, 1.807) is 0 Å².